The number of amidine groups is 1. The lowest BCUT2D eigenvalue weighted by molar-refractivity contribution is 0.241. The Balaban J connectivity index is 2.62. The second-order valence-corrected chi connectivity index (χ2v) is 4.53. The molecule has 2 nitrogen and oxygen atoms in total. The third-order valence-corrected chi connectivity index (χ3v) is 3.01. The van der Waals surface area contributed by atoms with E-state index in [0.29, 0.717) is 6.04 Å². The maximum absolute atomic E-state index is 5.64. The molecule has 0 heterocycles. The Labute approximate surface area is 81.6 Å². The van der Waals surface area contributed by atoms with Gasteiger partial charge in [0.2, 0.25) is 0 Å². The van der Waals surface area contributed by atoms with Crippen LogP contribution in [0.3, 0.4) is 0 Å². The van der Waals surface area contributed by atoms with Gasteiger partial charge in [-0.2, -0.15) is 0 Å². The molecule has 2 N–H and O–H groups in total. The van der Waals surface area contributed by atoms with Crippen LogP contribution in [0.25, 0.3) is 0 Å². The molecule has 13 heavy (non-hydrogen) atoms. The molecule has 1 fully saturated rings. The quantitative estimate of drug-likeness (QED) is 0.517. The maximum atomic E-state index is 5.64. The van der Waals surface area contributed by atoms with Gasteiger partial charge in [-0.15, -0.1) is 0 Å². The fraction of sp³-hybridized carbons (Fsp3) is 0.909. The second kappa shape index (κ2) is 4.64. The van der Waals surface area contributed by atoms with E-state index in [1.165, 1.54) is 25.7 Å². The van der Waals surface area contributed by atoms with E-state index in [0.717, 1.165) is 17.7 Å². The van der Waals surface area contributed by atoms with Crippen molar-refractivity contribution in [3.63, 3.8) is 0 Å². The van der Waals surface area contributed by atoms with Crippen LogP contribution in [0.4, 0.5) is 0 Å². The van der Waals surface area contributed by atoms with E-state index in [9.17, 15) is 0 Å². The molecule has 0 saturated heterocycles. The van der Waals surface area contributed by atoms with E-state index in [-0.39, 0.29) is 0 Å². The zero-order chi connectivity index (χ0) is 9.84. The van der Waals surface area contributed by atoms with Gasteiger partial charge in [0.25, 0.3) is 0 Å². The van der Waals surface area contributed by atoms with Crippen LogP contribution in [0.1, 0.15) is 46.5 Å². The molecule has 0 aromatic heterocycles. The lowest BCUT2D eigenvalue weighted by Crippen LogP contribution is -2.29. The van der Waals surface area contributed by atoms with E-state index in [4.69, 9.17) is 5.73 Å². The van der Waals surface area contributed by atoms with E-state index in [1.807, 2.05) is 6.92 Å². The van der Waals surface area contributed by atoms with Gasteiger partial charge >= 0.3 is 0 Å². The third-order valence-electron chi connectivity index (χ3n) is 3.01. The SMILES string of the molecule is CC(N)=NC1CCCCC1C(C)C. The molecular formula is C11H22N2. The monoisotopic (exact) mass is 182 g/mol. The summed E-state index contributed by atoms with van der Waals surface area (Å²) in [5.74, 6) is 2.25. The minimum absolute atomic E-state index is 0.499. The van der Waals surface area contributed by atoms with Crippen LogP contribution in [0.15, 0.2) is 4.99 Å². The molecule has 0 bridgehead atoms. The van der Waals surface area contributed by atoms with E-state index < -0.39 is 0 Å². The lowest BCUT2D eigenvalue weighted by atomic mass is 9.78. The molecule has 1 aliphatic carbocycles. The summed E-state index contributed by atoms with van der Waals surface area (Å²) >= 11 is 0. The van der Waals surface area contributed by atoms with Crippen molar-refractivity contribution in [2.24, 2.45) is 22.6 Å². The van der Waals surface area contributed by atoms with Gasteiger partial charge < -0.3 is 5.73 Å². The number of nitrogens with zero attached hydrogens (tertiary/aromatic N) is 1. The highest BCUT2D eigenvalue weighted by Crippen LogP contribution is 2.32. The van der Waals surface area contributed by atoms with Gasteiger partial charge in [0.05, 0.1) is 11.9 Å². The molecule has 1 rings (SSSR count). The molecule has 2 heteroatoms. The largest absolute Gasteiger partial charge is 0.388 e. The standard InChI is InChI=1S/C11H22N2/c1-8(2)10-6-4-5-7-11(10)13-9(3)12/h8,10-11H,4-7H2,1-3H3,(H2,12,13). The van der Waals surface area contributed by atoms with Crippen LogP contribution in [-0.2, 0) is 0 Å². The molecule has 0 aliphatic heterocycles. The van der Waals surface area contributed by atoms with Gasteiger partial charge in [0.15, 0.2) is 0 Å². The van der Waals surface area contributed by atoms with E-state index in [2.05, 4.69) is 18.8 Å². The summed E-state index contributed by atoms with van der Waals surface area (Å²) in [6, 6.07) is 0.499. The number of hydrogen-bond acceptors (Lipinski definition) is 1. The molecule has 0 radical (unpaired) electrons. The molecule has 1 saturated carbocycles. The smallest absolute Gasteiger partial charge is 0.0909 e. The van der Waals surface area contributed by atoms with Gasteiger partial charge in [0.1, 0.15) is 0 Å². The molecule has 0 spiro atoms. The summed E-state index contributed by atoms with van der Waals surface area (Å²) in [6.45, 7) is 6.49. The van der Waals surface area contributed by atoms with E-state index in [1.54, 1.807) is 0 Å². The Hall–Kier alpha value is -0.530. The Morgan fingerprint density at radius 2 is 1.92 bits per heavy atom. The van der Waals surface area contributed by atoms with E-state index >= 15 is 0 Å². The molecule has 0 aromatic rings. The molecule has 1 aliphatic rings. The molecule has 76 valence electrons. The van der Waals surface area contributed by atoms with Gasteiger partial charge in [-0.25, -0.2) is 0 Å². The van der Waals surface area contributed by atoms with Gasteiger partial charge in [0, 0.05) is 0 Å². The first-order valence-corrected chi connectivity index (χ1v) is 5.41. The van der Waals surface area contributed by atoms with Crippen LogP contribution in [0.5, 0.6) is 0 Å². The minimum Gasteiger partial charge on any atom is -0.388 e. The van der Waals surface area contributed by atoms with Crippen LogP contribution >= 0.6 is 0 Å². The Kier molecular flexibility index (Phi) is 3.76. The predicted octanol–water partition coefficient (Wildman–Crippen LogP) is 2.58. The fourth-order valence-electron chi connectivity index (χ4n) is 2.34. The number of aliphatic imine (C=N–C) groups is 1. The highest BCUT2D eigenvalue weighted by atomic mass is 14.9. The topological polar surface area (TPSA) is 38.4 Å². The lowest BCUT2D eigenvalue weighted by Gasteiger charge is -2.31. The number of rotatable bonds is 2. The number of nitrogens with two attached hydrogens (primary N) is 1. The van der Waals surface area contributed by atoms with Crippen molar-refractivity contribution < 1.29 is 0 Å². The van der Waals surface area contributed by atoms with Gasteiger partial charge in [-0.1, -0.05) is 26.7 Å². The fourth-order valence-corrected chi connectivity index (χ4v) is 2.34. The average Bonchev–Trinajstić information content (AvgIpc) is 2.03. The van der Waals surface area contributed by atoms with Crippen molar-refractivity contribution in [3.05, 3.63) is 0 Å². The van der Waals surface area contributed by atoms with Crippen LogP contribution < -0.4 is 5.73 Å². The highest BCUT2D eigenvalue weighted by Gasteiger charge is 2.26. The predicted molar refractivity (Wildman–Crippen MR) is 57.9 cm³/mol. The molecule has 0 amide bonds. The Bertz CT molecular complexity index is 181. The Morgan fingerprint density at radius 1 is 1.31 bits per heavy atom. The van der Waals surface area contributed by atoms with Crippen molar-refractivity contribution >= 4 is 5.84 Å². The first-order chi connectivity index (χ1) is 6.11. The summed E-state index contributed by atoms with van der Waals surface area (Å²) < 4.78 is 0. The van der Waals surface area contributed by atoms with Crippen molar-refractivity contribution in [1.29, 1.82) is 0 Å². The Morgan fingerprint density at radius 3 is 2.46 bits per heavy atom. The van der Waals surface area contributed by atoms with Crippen LogP contribution in [-0.4, -0.2) is 11.9 Å². The summed E-state index contributed by atoms with van der Waals surface area (Å²) in [5.41, 5.74) is 5.64. The second-order valence-electron chi connectivity index (χ2n) is 4.53. The van der Waals surface area contributed by atoms with Gasteiger partial charge in [-0.05, 0) is 31.6 Å². The summed E-state index contributed by atoms with van der Waals surface area (Å²) in [6.07, 6.45) is 5.26. The molecule has 0 aromatic carbocycles. The maximum Gasteiger partial charge on any atom is 0.0909 e. The minimum atomic E-state index is 0.499. The number of hydrogen-bond donors (Lipinski definition) is 1. The first kappa shape index (κ1) is 10.6. The van der Waals surface area contributed by atoms with Crippen LogP contribution in [0, 0.1) is 11.8 Å². The molecular weight excluding hydrogens is 160 g/mol. The van der Waals surface area contributed by atoms with Crippen molar-refractivity contribution in [3.8, 4) is 0 Å². The summed E-state index contributed by atoms with van der Waals surface area (Å²) in [5, 5.41) is 0. The third kappa shape index (κ3) is 3.02. The van der Waals surface area contributed by atoms with Gasteiger partial charge in [-0.3, -0.25) is 4.99 Å². The molecule has 2 unspecified atom stereocenters. The van der Waals surface area contributed by atoms with Crippen LogP contribution in [0.2, 0.25) is 0 Å². The first-order valence-electron chi connectivity index (χ1n) is 5.41. The van der Waals surface area contributed by atoms with Crippen molar-refractivity contribution in [1.82, 2.24) is 0 Å². The zero-order valence-electron chi connectivity index (χ0n) is 9.09. The van der Waals surface area contributed by atoms with Crippen molar-refractivity contribution in [2.75, 3.05) is 0 Å². The normalized spacial score (nSPS) is 30.9. The molecule has 2 atom stereocenters. The summed E-state index contributed by atoms with van der Waals surface area (Å²) in [4.78, 5) is 4.53. The summed E-state index contributed by atoms with van der Waals surface area (Å²) in [7, 11) is 0. The van der Waals surface area contributed by atoms with Crippen molar-refractivity contribution in [2.45, 2.75) is 52.5 Å². The highest BCUT2D eigenvalue weighted by molar-refractivity contribution is 5.77. The average molecular weight is 182 g/mol. The zero-order valence-corrected chi connectivity index (χ0v) is 9.09.